The summed E-state index contributed by atoms with van der Waals surface area (Å²) in [5, 5.41) is 23.6. The normalized spacial score (nSPS) is 17.8. The third-order valence-corrected chi connectivity index (χ3v) is 3.47. The summed E-state index contributed by atoms with van der Waals surface area (Å²) in [4.78, 5) is 24.7. The Morgan fingerprint density at radius 2 is 2.33 bits per heavy atom. The number of nitro benzene ring substituents is 1. The van der Waals surface area contributed by atoms with Crippen LogP contribution < -0.4 is 5.32 Å². The summed E-state index contributed by atoms with van der Waals surface area (Å²) in [5.41, 5.74) is 0.441. The highest BCUT2D eigenvalue weighted by Gasteiger charge is 2.29. The van der Waals surface area contributed by atoms with Crippen LogP contribution in [0.1, 0.15) is 30.1 Å². The van der Waals surface area contributed by atoms with Crippen LogP contribution in [0.15, 0.2) is 18.2 Å². The minimum Gasteiger partial charge on any atom is -0.391 e. The fourth-order valence-electron chi connectivity index (χ4n) is 2.40. The molecule has 1 aliphatic rings. The summed E-state index contributed by atoms with van der Waals surface area (Å²) in [6.45, 7) is 3.23. The number of β-amino-alcohol motifs (C(OH)–C–C–N with tert-alkyl or cyclic N) is 1. The van der Waals surface area contributed by atoms with Gasteiger partial charge in [-0.1, -0.05) is 13.0 Å². The second-order valence-electron chi connectivity index (χ2n) is 5.08. The van der Waals surface area contributed by atoms with Gasteiger partial charge in [-0.2, -0.15) is 0 Å². The van der Waals surface area contributed by atoms with E-state index in [1.807, 2.05) is 6.92 Å². The van der Waals surface area contributed by atoms with Crippen molar-refractivity contribution in [1.29, 1.82) is 0 Å². The molecule has 0 radical (unpaired) electrons. The van der Waals surface area contributed by atoms with E-state index in [-0.39, 0.29) is 29.4 Å². The van der Waals surface area contributed by atoms with E-state index in [4.69, 9.17) is 0 Å². The quantitative estimate of drug-likeness (QED) is 0.635. The molecule has 1 aliphatic heterocycles. The zero-order valence-electron chi connectivity index (χ0n) is 11.9. The number of nitro groups is 1. The number of anilines is 1. The number of aliphatic hydroxyl groups is 1. The summed E-state index contributed by atoms with van der Waals surface area (Å²) < 4.78 is 0. The lowest BCUT2D eigenvalue weighted by atomic mass is 10.1. The van der Waals surface area contributed by atoms with Crippen molar-refractivity contribution in [2.24, 2.45) is 0 Å². The van der Waals surface area contributed by atoms with Gasteiger partial charge < -0.3 is 15.3 Å². The molecule has 1 amide bonds. The van der Waals surface area contributed by atoms with Crippen molar-refractivity contribution < 1.29 is 14.8 Å². The van der Waals surface area contributed by atoms with E-state index in [0.717, 1.165) is 6.42 Å². The Kier molecular flexibility index (Phi) is 4.74. The second kappa shape index (κ2) is 6.53. The number of hydrogen-bond acceptors (Lipinski definition) is 5. The third-order valence-electron chi connectivity index (χ3n) is 3.47. The van der Waals surface area contributed by atoms with Gasteiger partial charge in [-0.25, -0.2) is 0 Å². The Bertz CT molecular complexity index is 547. The highest BCUT2D eigenvalue weighted by atomic mass is 16.6. The van der Waals surface area contributed by atoms with E-state index in [1.54, 1.807) is 6.07 Å². The maximum absolute atomic E-state index is 12.5. The molecule has 7 heteroatoms. The van der Waals surface area contributed by atoms with Gasteiger partial charge in [0, 0.05) is 25.7 Å². The number of nitrogens with one attached hydrogen (secondary N) is 1. The SMILES string of the molecule is CCCNc1c(C(=O)N2CCC(O)C2)cccc1[N+](=O)[O-]. The van der Waals surface area contributed by atoms with Gasteiger partial charge in [-0.05, 0) is 18.9 Å². The Labute approximate surface area is 122 Å². The molecule has 7 nitrogen and oxygen atoms in total. The summed E-state index contributed by atoms with van der Waals surface area (Å²) >= 11 is 0. The molecule has 1 aromatic carbocycles. The van der Waals surface area contributed by atoms with Crippen LogP contribution in [0.3, 0.4) is 0 Å². The van der Waals surface area contributed by atoms with Crippen LogP contribution in [0.5, 0.6) is 0 Å². The van der Waals surface area contributed by atoms with Gasteiger partial charge in [0.15, 0.2) is 0 Å². The molecule has 0 bridgehead atoms. The van der Waals surface area contributed by atoms with Crippen LogP contribution >= 0.6 is 0 Å². The van der Waals surface area contributed by atoms with Crippen LogP contribution in [0.2, 0.25) is 0 Å². The molecule has 1 heterocycles. The first-order chi connectivity index (χ1) is 10.0. The summed E-state index contributed by atoms with van der Waals surface area (Å²) in [5.74, 6) is -0.283. The molecular formula is C14H19N3O4. The van der Waals surface area contributed by atoms with E-state index in [9.17, 15) is 20.0 Å². The maximum atomic E-state index is 12.5. The first kappa shape index (κ1) is 15.2. The molecule has 2 rings (SSSR count). The van der Waals surface area contributed by atoms with Crippen LogP contribution in [0.25, 0.3) is 0 Å². The van der Waals surface area contributed by atoms with Crippen molar-refractivity contribution >= 4 is 17.3 Å². The largest absolute Gasteiger partial charge is 0.391 e. The molecule has 0 spiro atoms. The molecule has 2 N–H and O–H groups in total. The monoisotopic (exact) mass is 293 g/mol. The van der Waals surface area contributed by atoms with Gasteiger partial charge in [0.25, 0.3) is 11.6 Å². The highest BCUT2D eigenvalue weighted by Crippen LogP contribution is 2.30. The average molecular weight is 293 g/mol. The summed E-state index contributed by atoms with van der Waals surface area (Å²) in [6.07, 6.45) is 0.820. The minimum absolute atomic E-state index is 0.103. The Balaban J connectivity index is 2.35. The first-order valence-electron chi connectivity index (χ1n) is 7.03. The molecule has 114 valence electrons. The number of likely N-dealkylation sites (tertiary alicyclic amines) is 1. The predicted octanol–water partition coefficient (Wildman–Crippen LogP) is 1.62. The van der Waals surface area contributed by atoms with E-state index in [2.05, 4.69) is 5.32 Å². The number of hydrogen-bond donors (Lipinski definition) is 2. The third kappa shape index (κ3) is 3.30. The molecule has 0 aliphatic carbocycles. The van der Waals surface area contributed by atoms with E-state index < -0.39 is 11.0 Å². The number of aliphatic hydroxyl groups excluding tert-OH is 1. The number of carbonyl (C=O) groups excluding carboxylic acids is 1. The van der Waals surface area contributed by atoms with Crippen molar-refractivity contribution in [3.63, 3.8) is 0 Å². The van der Waals surface area contributed by atoms with Crippen LogP contribution in [0.4, 0.5) is 11.4 Å². The molecule has 21 heavy (non-hydrogen) atoms. The lowest BCUT2D eigenvalue weighted by molar-refractivity contribution is -0.384. The van der Waals surface area contributed by atoms with Crippen molar-refractivity contribution in [3.05, 3.63) is 33.9 Å². The standard InChI is InChI=1S/C14H19N3O4/c1-2-7-15-13-11(4-3-5-12(13)17(20)21)14(19)16-8-6-10(18)9-16/h3-5,10,15,18H,2,6-9H2,1H3. The van der Waals surface area contributed by atoms with Crippen molar-refractivity contribution in [1.82, 2.24) is 4.90 Å². The minimum atomic E-state index is -0.514. The van der Waals surface area contributed by atoms with Crippen LogP contribution in [-0.2, 0) is 0 Å². The highest BCUT2D eigenvalue weighted by molar-refractivity contribution is 6.01. The fourth-order valence-corrected chi connectivity index (χ4v) is 2.40. The first-order valence-corrected chi connectivity index (χ1v) is 7.03. The number of amides is 1. The van der Waals surface area contributed by atoms with Gasteiger partial charge in [-0.3, -0.25) is 14.9 Å². The van der Waals surface area contributed by atoms with Gasteiger partial charge in [-0.15, -0.1) is 0 Å². The maximum Gasteiger partial charge on any atom is 0.293 e. The van der Waals surface area contributed by atoms with Crippen LogP contribution in [0, 0.1) is 10.1 Å². The lowest BCUT2D eigenvalue weighted by Gasteiger charge is -2.18. The fraction of sp³-hybridized carbons (Fsp3) is 0.500. The molecular weight excluding hydrogens is 274 g/mol. The molecule has 1 saturated heterocycles. The summed E-state index contributed by atoms with van der Waals surface area (Å²) in [7, 11) is 0. The Hall–Kier alpha value is -2.15. The van der Waals surface area contributed by atoms with Gasteiger partial charge in [0.05, 0.1) is 16.6 Å². The van der Waals surface area contributed by atoms with Crippen molar-refractivity contribution in [2.75, 3.05) is 25.0 Å². The summed E-state index contributed by atoms with van der Waals surface area (Å²) in [6, 6.07) is 4.47. The molecule has 0 aromatic heterocycles. The molecule has 1 unspecified atom stereocenters. The Morgan fingerprint density at radius 3 is 2.90 bits per heavy atom. The number of rotatable bonds is 5. The van der Waals surface area contributed by atoms with E-state index >= 15 is 0 Å². The van der Waals surface area contributed by atoms with Crippen molar-refractivity contribution in [2.45, 2.75) is 25.9 Å². The van der Waals surface area contributed by atoms with Gasteiger partial charge in [0.2, 0.25) is 0 Å². The zero-order valence-corrected chi connectivity index (χ0v) is 11.9. The molecule has 1 fully saturated rings. The molecule has 0 saturated carbocycles. The smallest absolute Gasteiger partial charge is 0.293 e. The zero-order chi connectivity index (χ0) is 15.4. The second-order valence-corrected chi connectivity index (χ2v) is 5.08. The van der Waals surface area contributed by atoms with Crippen LogP contribution in [-0.4, -0.2) is 46.6 Å². The van der Waals surface area contributed by atoms with Gasteiger partial charge >= 0.3 is 0 Å². The molecule has 1 atom stereocenters. The van der Waals surface area contributed by atoms with E-state index in [1.165, 1.54) is 17.0 Å². The van der Waals surface area contributed by atoms with Crippen molar-refractivity contribution in [3.8, 4) is 0 Å². The predicted molar refractivity (Wildman–Crippen MR) is 78.4 cm³/mol. The number of carbonyl (C=O) groups is 1. The topological polar surface area (TPSA) is 95.7 Å². The average Bonchev–Trinajstić information content (AvgIpc) is 2.90. The van der Waals surface area contributed by atoms with E-state index in [0.29, 0.717) is 19.5 Å². The van der Waals surface area contributed by atoms with Gasteiger partial charge in [0.1, 0.15) is 5.69 Å². The molecule has 1 aromatic rings. The number of nitrogens with zero attached hydrogens (tertiary/aromatic N) is 2. The lowest BCUT2D eigenvalue weighted by Crippen LogP contribution is -2.30. The number of para-hydroxylation sites is 1. The number of benzene rings is 1. The Morgan fingerprint density at radius 1 is 1.57 bits per heavy atom.